The van der Waals surface area contributed by atoms with E-state index in [2.05, 4.69) is 4.74 Å². The van der Waals surface area contributed by atoms with Gasteiger partial charge < -0.3 is 4.74 Å². The number of carbonyl (C=O) groups excluding carboxylic acids is 1. The van der Waals surface area contributed by atoms with Crippen LogP contribution in [0.3, 0.4) is 0 Å². The molecule has 0 bridgehead atoms. The summed E-state index contributed by atoms with van der Waals surface area (Å²) in [5.41, 5.74) is -2.43. The normalized spacial score (nSPS) is 11.3. The molecule has 0 aliphatic carbocycles. The van der Waals surface area contributed by atoms with E-state index >= 15 is 0 Å². The Bertz CT molecular complexity index is 384. The fourth-order valence-electron chi connectivity index (χ4n) is 1.07. The van der Waals surface area contributed by atoms with E-state index in [1.807, 2.05) is 0 Å². The van der Waals surface area contributed by atoms with Gasteiger partial charge in [-0.15, -0.1) is 0 Å². The predicted octanol–water partition coefficient (Wildman–Crippen LogP) is 2.63. The topological polar surface area (TPSA) is 26.3 Å². The van der Waals surface area contributed by atoms with E-state index in [4.69, 9.17) is 0 Å². The monoisotopic (exact) mass is 222 g/mol. The maximum atomic E-state index is 13.0. The van der Waals surface area contributed by atoms with Gasteiger partial charge in [0.25, 0.3) is 0 Å². The molecule has 1 rings (SSSR count). The van der Waals surface area contributed by atoms with Gasteiger partial charge in [-0.25, -0.2) is 9.18 Å². The Balaban J connectivity index is 3.40. The van der Waals surface area contributed by atoms with Crippen LogP contribution in [0.2, 0.25) is 0 Å². The van der Waals surface area contributed by atoms with Gasteiger partial charge in [-0.3, -0.25) is 0 Å². The van der Waals surface area contributed by atoms with E-state index in [0.717, 1.165) is 19.2 Å². The first-order valence-corrected chi connectivity index (χ1v) is 3.82. The second kappa shape index (κ2) is 3.88. The summed E-state index contributed by atoms with van der Waals surface area (Å²) in [5, 5.41) is 0. The van der Waals surface area contributed by atoms with Crippen LogP contribution in [0.25, 0.3) is 0 Å². The number of alkyl halides is 3. The highest BCUT2D eigenvalue weighted by molar-refractivity contribution is 5.91. The minimum absolute atomic E-state index is 0.620. The molecule has 0 unspecified atom stereocenters. The highest BCUT2D eigenvalue weighted by Crippen LogP contribution is 2.33. The van der Waals surface area contributed by atoms with Crippen molar-refractivity contribution in [1.82, 2.24) is 0 Å². The third-order valence-electron chi connectivity index (χ3n) is 1.71. The second-order valence-corrected chi connectivity index (χ2v) is 2.65. The Morgan fingerprint density at radius 3 is 2.40 bits per heavy atom. The molecule has 0 aliphatic rings. The van der Waals surface area contributed by atoms with Gasteiger partial charge in [0.2, 0.25) is 0 Å². The van der Waals surface area contributed by atoms with Crippen molar-refractivity contribution in [3.63, 3.8) is 0 Å². The third-order valence-corrected chi connectivity index (χ3v) is 1.71. The quantitative estimate of drug-likeness (QED) is 0.539. The summed E-state index contributed by atoms with van der Waals surface area (Å²) in [6.45, 7) is 0. The smallest absolute Gasteiger partial charge is 0.417 e. The Labute approximate surface area is 82.5 Å². The number of carbonyl (C=O) groups is 1. The van der Waals surface area contributed by atoms with Gasteiger partial charge in [-0.05, 0) is 12.1 Å². The summed E-state index contributed by atoms with van der Waals surface area (Å²) in [5.74, 6) is -2.60. The first-order chi connectivity index (χ1) is 6.88. The highest BCUT2D eigenvalue weighted by Gasteiger charge is 2.37. The lowest BCUT2D eigenvalue weighted by Gasteiger charge is -2.11. The first-order valence-electron chi connectivity index (χ1n) is 3.82. The van der Waals surface area contributed by atoms with Gasteiger partial charge >= 0.3 is 12.1 Å². The van der Waals surface area contributed by atoms with Crippen molar-refractivity contribution in [2.24, 2.45) is 0 Å². The lowest BCUT2D eigenvalue weighted by molar-refractivity contribution is -0.138. The molecular weight excluding hydrogens is 216 g/mol. The van der Waals surface area contributed by atoms with Gasteiger partial charge in [-0.1, -0.05) is 6.07 Å². The molecular formula is C9H6F4O2. The fraction of sp³-hybridized carbons (Fsp3) is 0.222. The SMILES string of the molecule is COC(=O)c1c(F)cccc1C(F)(F)F. The van der Waals surface area contributed by atoms with Crippen LogP contribution in [-0.4, -0.2) is 13.1 Å². The van der Waals surface area contributed by atoms with Crippen molar-refractivity contribution in [2.75, 3.05) is 7.11 Å². The number of halogens is 4. The molecule has 1 aromatic rings. The maximum absolute atomic E-state index is 13.0. The Morgan fingerprint density at radius 1 is 1.33 bits per heavy atom. The van der Waals surface area contributed by atoms with Crippen LogP contribution in [0.1, 0.15) is 15.9 Å². The maximum Gasteiger partial charge on any atom is 0.417 e. The summed E-state index contributed by atoms with van der Waals surface area (Å²) < 4.78 is 54.1. The summed E-state index contributed by atoms with van der Waals surface area (Å²) in [6, 6.07) is 2.27. The molecule has 0 fully saturated rings. The van der Waals surface area contributed by atoms with Crippen molar-refractivity contribution in [3.05, 3.63) is 35.1 Å². The van der Waals surface area contributed by atoms with Gasteiger partial charge in [0.1, 0.15) is 11.4 Å². The number of hydrogen-bond donors (Lipinski definition) is 0. The molecule has 82 valence electrons. The van der Waals surface area contributed by atoms with E-state index < -0.39 is 29.1 Å². The Kier molecular flexibility index (Phi) is 2.97. The molecule has 0 N–H and O–H groups in total. The molecule has 0 spiro atoms. The van der Waals surface area contributed by atoms with Crippen LogP contribution in [0.15, 0.2) is 18.2 Å². The molecule has 15 heavy (non-hydrogen) atoms. The van der Waals surface area contributed by atoms with Crippen LogP contribution >= 0.6 is 0 Å². The molecule has 1 aromatic carbocycles. The van der Waals surface area contributed by atoms with Crippen LogP contribution in [0.4, 0.5) is 17.6 Å². The van der Waals surface area contributed by atoms with Crippen LogP contribution < -0.4 is 0 Å². The zero-order chi connectivity index (χ0) is 11.6. The lowest BCUT2D eigenvalue weighted by atomic mass is 10.1. The number of benzene rings is 1. The number of methoxy groups -OCH3 is 1. The fourth-order valence-corrected chi connectivity index (χ4v) is 1.07. The summed E-state index contributed by atoms with van der Waals surface area (Å²) in [6.07, 6.45) is -4.79. The number of rotatable bonds is 1. The van der Waals surface area contributed by atoms with E-state index in [9.17, 15) is 22.4 Å². The van der Waals surface area contributed by atoms with Crippen LogP contribution in [0.5, 0.6) is 0 Å². The minimum Gasteiger partial charge on any atom is -0.465 e. The Morgan fingerprint density at radius 2 is 1.93 bits per heavy atom. The minimum atomic E-state index is -4.79. The molecule has 2 nitrogen and oxygen atoms in total. The molecule has 0 aliphatic heterocycles. The molecule has 0 amide bonds. The summed E-state index contributed by atoms with van der Waals surface area (Å²) >= 11 is 0. The third kappa shape index (κ3) is 2.26. The summed E-state index contributed by atoms with van der Waals surface area (Å²) in [7, 11) is 0.884. The molecule has 0 aromatic heterocycles. The Hall–Kier alpha value is -1.59. The molecule has 0 radical (unpaired) electrons. The lowest BCUT2D eigenvalue weighted by Crippen LogP contribution is -2.15. The highest BCUT2D eigenvalue weighted by atomic mass is 19.4. The van der Waals surface area contributed by atoms with Crippen molar-refractivity contribution >= 4 is 5.97 Å². The molecule has 0 saturated heterocycles. The standard InChI is InChI=1S/C9H6F4O2/c1-15-8(14)7-5(9(11,12)13)3-2-4-6(7)10/h2-4H,1H3. The van der Waals surface area contributed by atoms with Crippen LogP contribution in [-0.2, 0) is 10.9 Å². The van der Waals surface area contributed by atoms with Gasteiger partial charge in [-0.2, -0.15) is 13.2 Å². The molecule has 0 saturated carbocycles. The number of ether oxygens (including phenoxy) is 1. The van der Waals surface area contributed by atoms with E-state index in [-0.39, 0.29) is 0 Å². The van der Waals surface area contributed by atoms with Gasteiger partial charge in [0.15, 0.2) is 0 Å². The number of hydrogen-bond acceptors (Lipinski definition) is 2. The van der Waals surface area contributed by atoms with Crippen molar-refractivity contribution < 1.29 is 27.1 Å². The molecule has 6 heteroatoms. The first kappa shape index (κ1) is 11.5. The summed E-state index contributed by atoms with van der Waals surface area (Å²) in [4.78, 5) is 10.9. The predicted molar refractivity (Wildman–Crippen MR) is 42.7 cm³/mol. The van der Waals surface area contributed by atoms with Crippen molar-refractivity contribution in [3.8, 4) is 0 Å². The van der Waals surface area contributed by atoms with E-state index in [0.29, 0.717) is 6.07 Å². The average Bonchev–Trinajstić information content (AvgIpc) is 2.15. The molecule has 0 heterocycles. The van der Waals surface area contributed by atoms with Gasteiger partial charge in [0, 0.05) is 0 Å². The van der Waals surface area contributed by atoms with E-state index in [1.54, 1.807) is 0 Å². The van der Waals surface area contributed by atoms with Crippen molar-refractivity contribution in [2.45, 2.75) is 6.18 Å². The average molecular weight is 222 g/mol. The molecule has 0 atom stereocenters. The van der Waals surface area contributed by atoms with Crippen LogP contribution in [0, 0.1) is 5.82 Å². The van der Waals surface area contributed by atoms with Gasteiger partial charge in [0.05, 0.1) is 12.7 Å². The largest absolute Gasteiger partial charge is 0.465 e. The van der Waals surface area contributed by atoms with E-state index in [1.165, 1.54) is 0 Å². The zero-order valence-electron chi connectivity index (χ0n) is 7.56. The van der Waals surface area contributed by atoms with Crippen molar-refractivity contribution in [1.29, 1.82) is 0 Å². The zero-order valence-corrected chi connectivity index (χ0v) is 7.56. The second-order valence-electron chi connectivity index (χ2n) is 2.65. The number of esters is 1.